The van der Waals surface area contributed by atoms with Gasteiger partial charge in [-0.25, -0.2) is 0 Å². The average Bonchev–Trinajstić information content (AvgIpc) is 3.44. The van der Waals surface area contributed by atoms with E-state index in [9.17, 15) is 0 Å². The Morgan fingerprint density at radius 2 is 1.87 bits per heavy atom. The van der Waals surface area contributed by atoms with Gasteiger partial charge in [-0.1, -0.05) is 12.8 Å². The van der Waals surface area contributed by atoms with Crippen molar-refractivity contribution in [1.82, 2.24) is 20.2 Å². The average molecular weight is 426 g/mol. The normalized spacial score (nSPS) is 17.6. The number of nitrogens with zero attached hydrogens (tertiary/aromatic N) is 4. The molecule has 8 nitrogen and oxygen atoms in total. The fourth-order valence-electron chi connectivity index (χ4n) is 4.18. The molecule has 1 saturated carbocycles. The molecule has 0 unspecified atom stereocenters. The molecule has 0 amide bonds. The molecule has 3 aromatic rings. The Labute approximate surface area is 180 Å². The zero-order valence-electron chi connectivity index (χ0n) is 17.1. The zero-order valence-corrected chi connectivity index (χ0v) is 18.0. The summed E-state index contributed by atoms with van der Waals surface area (Å²) in [6.45, 7) is 3.43. The summed E-state index contributed by atoms with van der Waals surface area (Å²) < 4.78 is 5.44. The van der Waals surface area contributed by atoms with Crippen LogP contribution in [0, 0.1) is 0 Å². The SMILES string of the molecule is CSc1n[nH]c2nc(Nc3ccc(N4CCOCC4)cc3)nc(NC3CCCC3)c12. The summed E-state index contributed by atoms with van der Waals surface area (Å²) >= 11 is 1.61. The van der Waals surface area contributed by atoms with Crippen molar-refractivity contribution in [3.8, 4) is 0 Å². The molecule has 1 aromatic carbocycles. The fraction of sp³-hybridized carbons (Fsp3) is 0.476. The summed E-state index contributed by atoms with van der Waals surface area (Å²) in [7, 11) is 0. The summed E-state index contributed by atoms with van der Waals surface area (Å²) in [6.07, 6.45) is 6.94. The van der Waals surface area contributed by atoms with Crippen molar-refractivity contribution in [2.45, 2.75) is 36.8 Å². The number of H-pyrrole nitrogens is 1. The number of thioether (sulfide) groups is 1. The lowest BCUT2D eigenvalue weighted by molar-refractivity contribution is 0.122. The Morgan fingerprint density at radius 1 is 1.10 bits per heavy atom. The minimum atomic E-state index is 0.466. The van der Waals surface area contributed by atoms with E-state index in [4.69, 9.17) is 9.72 Å². The van der Waals surface area contributed by atoms with Crippen molar-refractivity contribution in [3.63, 3.8) is 0 Å². The molecule has 9 heteroatoms. The van der Waals surface area contributed by atoms with Crippen LogP contribution >= 0.6 is 11.8 Å². The summed E-state index contributed by atoms with van der Waals surface area (Å²) in [6, 6.07) is 8.87. The van der Waals surface area contributed by atoms with Gasteiger partial charge < -0.3 is 20.3 Å². The predicted molar refractivity (Wildman–Crippen MR) is 122 cm³/mol. The zero-order chi connectivity index (χ0) is 20.3. The maximum Gasteiger partial charge on any atom is 0.231 e. The molecule has 2 aliphatic rings. The number of morpholine rings is 1. The molecule has 2 aromatic heterocycles. The van der Waals surface area contributed by atoms with Crippen molar-refractivity contribution in [3.05, 3.63) is 24.3 Å². The first-order chi connectivity index (χ1) is 14.8. The van der Waals surface area contributed by atoms with Crippen LogP contribution in [0.15, 0.2) is 29.3 Å². The van der Waals surface area contributed by atoms with E-state index in [0.717, 1.165) is 53.9 Å². The topological polar surface area (TPSA) is 91.0 Å². The second-order valence-electron chi connectivity index (χ2n) is 7.75. The van der Waals surface area contributed by atoms with Gasteiger partial charge in [0.2, 0.25) is 5.95 Å². The van der Waals surface area contributed by atoms with Crippen LogP contribution in [0.1, 0.15) is 25.7 Å². The van der Waals surface area contributed by atoms with Crippen LogP contribution < -0.4 is 15.5 Å². The first-order valence-corrected chi connectivity index (χ1v) is 11.8. The smallest absolute Gasteiger partial charge is 0.231 e. The van der Waals surface area contributed by atoms with Gasteiger partial charge in [0.05, 0.1) is 18.6 Å². The van der Waals surface area contributed by atoms with Gasteiger partial charge in [-0.05, 0) is 43.4 Å². The highest BCUT2D eigenvalue weighted by Crippen LogP contribution is 2.32. The van der Waals surface area contributed by atoms with Crippen LogP contribution in [0.5, 0.6) is 0 Å². The summed E-state index contributed by atoms with van der Waals surface area (Å²) in [5.41, 5.74) is 2.92. The van der Waals surface area contributed by atoms with Gasteiger partial charge >= 0.3 is 0 Å². The van der Waals surface area contributed by atoms with E-state index in [-0.39, 0.29) is 0 Å². The highest BCUT2D eigenvalue weighted by molar-refractivity contribution is 7.98. The molecule has 1 aliphatic heterocycles. The lowest BCUT2D eigenvalue weighted by atomic mass is 10.2. The fourth-order valence-corrected chi connectivity index (χ4v) is 4.72. The first-order valence-electron chi connectivity index (χ1n) is 10.6. The second-order valence-corrected chi connectivity index (χ2v) is 8.54. The van der Waals surface area contributed by atoms with E-state index >= 15 is 0 Å². The molecule has 2 fully saturated rings. The molecule has 30 heavy (non-hydrogen) atoms. The number of fused-ring (bicyclic) bond motifs is 1. The Kier molecular flexibility index (Phi) is 5.63. The lowest BCUT2D eigenvalue weighted by Gasteiger charge is -2.28. The van der Waals surface area contributed by atoms with Crippen LogP contribution in [0.4, 0.5) is 23.1 Å². The number of anilines is 4. The van der Waals surface area contributed by atoms with Crippen molar-refractivity contribution in [1.29, 1.82) is 0 Å². The number of benzene rings is 1. The number of ether oxygens (including phenoxy) is 1. The van der Waals surface area contributed by atoms with E-state index in [0.29, 0.717) is 12.0 Å². The van der Waals surface area contributed by atoms with Crippen LogP contribution in [-0.2, 0) is 4.74 Å². The molecule has 0 bridgehead atoms. The summed E-state index contributed by atoms with van der Waals surface area (Å²) in [5, 5.41) is 16.4. The van der Waals surface area contributed by atoms with E-state index in [1.165, 1.54) is 31.4 Å². The quantitative estimate of drug-likeness (QED) is 0.510. The van der Waals surface area contributed by atoms with Crippen molar-refractivity contribution >= 4 is 45.9 Å². The molecule has 3 N–H and O–H groups in total. The highest BCUT2D eigenvalue weighted by Gasteiger charge is 2.20. The molecule has 0 spiro atoms. The van der Waals surface area contributed by atoms with E-state index in [1.54, 1.807) is 11.8 Å². The number of aromatic nitrogens is 4. The molecular weight excluding hydrogens is 398 g/mol. The van der Waals surface area contributed by atoms with Gasteiger partial charge in [0.25, 0.3) is 0 Å². The summed E-state index contributed by atoms with van der Waals surface area (Å²) in [4.78, 5) is 11.8. The molecule has 0 atom stereocenters. The molecule has 0 radical (unpaired) electrons. The van der Waals surface area contributed by atoms with Crippen molar-refractivity contribution in [2.75, 3.05) is 48.1 Å². The lowest BCUT2D eigenvalue weighted by Crippen LogP contribution is -2.36. The Balaban J connectivity index is 1.39. The number of hydrogen-bond donors (Lipinski definition) is 3. The summed E-state index contributed by atoms with van der Waals surface area (Å²) in [5.74, 6) is 1.43. The third-order valence-corrected chi connectivity index (χ3v) is 6.46. The first kappa shape index (κ1) is 19.4. The van der Waals surface area contributed by atoms with E-state index in [1.807, 2.05) is 6.26 Å². The maximum absolute atomic E-state index is 5.44. The Morgan fingerprint density at radius 3 is 2.60 bits per heavy atom. The highest BCUT2D eigenvalue weighted by atomic mass is 32.2. The van der Waals surface area contributed by atoms with Crippen LogP contribution in [-0.4, -0.2) is 58.8 Å². The molecule has 5 rings (SSSR count). The standard InChI is InChI=1S/C21H27N7OS/c1-30-20-17-18(22-14-4-2-3-5-14)24-21(25-19(17)26-27-20)23-15-6-8-16(9-7-15)28-10-12-29-13-11-28/h6-9,14H,2-5,10-13H2,1H3,(H3,22,23,24,25,26,27). The molecule has 158 valence electrons. The number of rotatable bonds is 6. The van der Waals surface area contributed by atoms with Crippen LogP contribution in [0.2, 0.25) is 0 Å². The van der Waals surface area contributed by atoms with Gasteiger partial charge in [-0.3, -0.25) is 5.10 Å². The van der Waals surface area contributed by atoms with Gasteiger partial charge in [0.1, 0.15) is 10.8 Å². The predicted octanol–water partition coefficient (Wildman–Crippen LogP) is 4.01. The minimum Gasteiger partial charge on any atom is -0.378 e. The molecule has 1 aliphatic carbocycles. The molecule has 1 saturated heterocycles. The third kappa shape index (κ3) is 4.04. The van der Waals surface area contributed by atoms with Gasteiger partial charge in [0.15, 0.2) is 5.65 Å². The van der Waals surface area contributed by atoms with E-state index < -0.39 is 0 Å². The Hall–Kier alpha value is -2.52. The molecular formula is C21H27N7OS. The van der Waals surface area contributed by atoms with Gasteiger partial charge in [-0.2, -0.15) is 15.1 Å². The Bertz CT molecular complexity index is 995. The number of nitrogens with one attached hydrogen (secondary N) is 3. The monoisotopic (exact) mass is 425 g/mol. The van der Waals surface area contributed by atoms with Crippen LogP contribution in [0.25, 0.3) is 11.0 Å². The van der Waals surface area contributed by atoms with Gasteiger partial charge in [0, 0.05) is 30.5 Å². The third-order valence-electron chi connectivity index (χ3n) is 5.78. The largest absolute Gasteiger partial charge is 0.378 e. The maximum atomic E-state index is 5.44. The van der Waals surface area contributed by atoms with Crippen LogP contribution in [0.3, 0.4) is 0 Å². The van der Waals surface area contributed by atoms with E-state index in [2.05, 4.69) is 55.0 Å². The van der Waals surface area contributed by atoms with Crippen molar-refractivity contribution < 1.29 is 4.74 Å². The number of hydrogen-bond acceptors (Lipinski definition) is 8. The van der Waals surface area contributed by atoms with Gasteiger partial charge in [-0.15, -0.1) is 11.8 Å². The minimum absolute atomic E-state index is 0.466. The number of aromatic amines is 1. The van der Waals surface area contributed by atoms with Crippen molar-refractivity contribution in [2.24, 2.45) is 0 Å². The second kappa shape index (κ2) is 8.69. The molecule has 3 heterocycles.